The van der Waals surface area contributed by atoms with E-state index in [4.69, 9.17) is 5.11 Å². The molecule has 0 unspecified atom stereocenters. The molecule has 0 aromatic heterocycles. The van der Waals surface area contributed by atoms with Gasteiger partial charge in [0, 0.05) is 30.6 Å². The van der Waals surface area contributed by atoms with Gasteiger partial charge in [-0.15, -0.1) is 0 Å². The molecule has 23 heavy (non-hydrogen) atoms. The minimum Gasteiger partial charge on any atom is -0.512 e. The molecule has 1 fully saturated rings. The van der Waals surface area contributed by atoms with Crippen molar-refractivity contribution in [2.24, 2.45) is 17.8 Å². The van der Waals surface area contributed by atoms with Crippen LogP contribution in [-0.4, -0.2) is 44.5 Å². The molecule has 1 rings (SSSR count). The quantitative estimate of drug-likeness (QED) is 0.511. The molecule has 1 saturated carbocycles. The maximum atomic E-state index is 14.0. The first-order chi connectivity index (χ1) is 10.6. The van der Waals surface area contributed by atoms with Gasteiger partial charge in [-0.05, 0) is 12.5 Å². The van der Waals surface area contributed by atoms with Gasteiger partial charge in [0.05, 0.1) is 24.4 Å². The maximum absolute atomic E-state index is 14.0. The van der Waals surface area contributed by atoms with E-state index in [0.29, 0.717) is 12.8 Å². The van der Waals surface area contributed by atoms with E-state index < -0.39 is 54.0 Å². The van der Waals surface area contributed by atoms with Crippen LogP contribution in [0.3, 0.4) is 0 Å². The topological polar surface area (TPSA) is 98.0 Å². The molecular formula is C16H26F2O5. The molecule has 4 N–H and O–H groups in total. The van der Waals surface area contributed by atoms with Crippen LogP contribution in [0.4, 0.5) is 8.78 Å². The zero-order chi connectivity index (χ0) is 17.8. The number of hydrogen-bond acceptors (Lipinski definition) is 4. The first kappa shape index (κ1) is 19.8. The Morgan fingerprint density at radius 3 is 2.43 bits per heavy atom. The van der Waals surface area contributed by atoms with Crippen LogP contribution < -0.4 is 0 Å². The van der Waals surface area contributed by atoms with Crippen molar-refractivity contribution in [1.29, 1.82) is 0 Å². The summed E-state index contributed by atoms with van der Waals surface area (Å²) >= 11 is 0. The first-order valence-electron chi connectivity index (χ1n) is 7.96. The molecule has 1 aliphatic rings. The second-order valence-corrected chi connectivity index (χ2v) is 6.40. The summed E-state index contributed by atoms with van der Waals surface area (Å²) in [6, 6.07) is 0. The number of aliphatic carboxylic acids is 1. The van der Waals surface area contributed by atoms with Gasteiger partial charge in [0.2, 0.25) is 0 Å². The largest absolute Gasteiger partial charge is 0.512 e. The van der Waals surface area contributed by atoms with E-state index in [-0.39, 0.29) is 12.8 Å². The molecule has 0 aromatic carbocycles. The highest BCUT2D eigenvalue weighted by Gasteiger charge is 2.45. The van der Waals surface area contributed by atoms with Crippen LogP contribution in [0.1, 0.15) is 46.0 Å². The average molecular weight is 336 g/mol. The second-order valence-electron chi connectivity index (χ2n) is 6.40. The van der Waals surface area contributed by atoms with Crippen LogP contribution >= 0.6 is 0 Å². The zero-order valence-corrected chi connectivity index (χ0v) is 13.5. The molecule has 5 atom stereocenters. The summed E-state index contributed by atoms with van der Waals surface area (Å²) in [6.45, 7) is 3.08. The van der Waals surface area contributed by atoms with E-state index in [1.165, 1.54) is 6.92 Å². The number of unbranched alkanes of at least 4 members (excludes halogenated alkanes) is 1. The van der Waals surface area contributed by atoms with Crippen molar-refractivity contribution < 1.29 is 34.0 Å². The fourth-order valence-corrected chi connectivity index (χ4v) is 3.10. The Labute approximate surface area is 134 Å². The molecule has 0 bridgehead atoms. The molecule has 0 spiro atoms. The molecule has 7 heteroatoms. The summed E-state index contributed by atoms with van der Waals surface area (Å²) in [5.74, 6) is -7.81. The van der Waals surface area contributed by atoms with E-state index in [0.717, 1.165) is 6.08 Å². The van der Waals surface area contributed by atoms with Crippen LogP contribution in [0.25, 0.3) is 0 Å². The van der Waals surface area contributed by atoms with E-state index in [1.54, 1.807) is 6.92 Å². The van der Waals surface area contributed by atoms with Crippen LogP contribution in [0.5, 0.6) is 0 Å². The lowest BCUT2D eigenvalue weighted by atomic mass is 9.87. The SMILES string of the molecule is CCCCC(F)(F)[C@@H](C)C=C(O)[C@@H]1[C@@H](CC(=O)O)[C@@H](O)C[C@H]1O. The van der Waals surface area contributed by atoms with Gasteiger partial charge in [0.25, 0.3) is 5.92 Å². The Kier molecular flexibility index (Phi) is 6.95. The lowest BCUT2D eigenvalue weighted by Crippen LogP contribution is -2.29. The Balaban J connectivity index is 2.91. The van der Waals surface area contributed by atoms with Crippen molar-refractivity contribution >= 4 is 5.97 Å². The second kappa shape index (κ2) is 8.06. The Bertz CT molecular complexity index is 438. The predicted molar refractivity (Wildman–Crippen MR) is 80.2 cm³/mol. The minimum absolute atomic E-state index is 0.0822. The third-order valence-corrected chi connectivity index (χ3v) is 4.56. The lowest BCUT2D eigenvalue weighted by Gasteiger charge is -2.25. The standard InChI is InChI=1S/C16H26F2O5/c1-3-4-5-16(17,18)9(2)6-12(20)15-10(7-14(22)23)11(19)8-13(15)21/h6,9-11,13,15,19-21H,3-5,7-8H2,1-2H3,(H,22,23)/t9-,10-,11-,13+,15-/m0/s1. The van der Waals surface area contributed by atoms with E-state index in [9.17, 15) is 28.9 Å². The molecule has 0 aliphatic heterocycles. The summed E-state index contributed by atoms with van der Waals surface area (Å²) in [6.07, 6.45) is -1.09. The molecule has 134 valence electrons. The third kappa shape index (κ3) is 5.14. The van der Waals surface area contributed by atoms with Gasteiger partial charge in [0.1, 0.15) is 0 Å². The number of allylic oxidation sites excluding steroid dienone is 1. The van der Waals surface area contributed by atoms with Gasteiger partial charge in [-0.25, -0.2) is 8.78 Å². The molecule has 0 amide bonds. The average Bonchev–Trinajstić information content (AvgIpc) is 2.70. The van der Waals surface area contributed by atoms with Crippen LogP contribution in [0, 0.1) is 17.8 Å². The molecule has 0 radical (unpaired) electrons. The van der Waals surface area contributed by atoms with Crippen molar-refractivity contribution in [3.8, 4) is 0 Å². The van der Waals surface area contributed by atoms with Crippen molar-refractivity contribution in [1.82, 2.24) is 0 Å². The molecular weight excluding hydrogens is 310 g/mol. The van der Waals surface area contributed by atoms with Crippen molar-refractivity contribution in [2.75, 3.05) is 0 Å². The Morgan fingerprint density at radius 2 is 1.91 bits per heavy atom. The molecule has 0 saturated heterocycles. The number of carboxylic acids is 1. The highest BCUT2D eigenvalue weighted by atomic mass is 19.3. The summed E-state index contributed by atoms with van der Waals surface area (Å²) in [5.41, 5.74) is 0. The van der Waals surface area contributed by atoms with Crippen molar-refractivity contribution in [3.05, 3.63) is 11.8 Å². The lowest BCUT2D eigenvalue weighted by molar-refractivity contribution is -0.139. The Morgan fingerprint density at radius 1 is 1.30 bits per heavy atom. The smallest absolute Gasteiger partial charge is 0.303 e. The minimum atomic E-state index is -2.99. The molecule has 0 aromatic rings. The van der Waals surface area contributed by atoms with Gasteiger partial charge in [-0.2, -0.15) is 0 Å². The summed E-state index contributed by atoms with van der Waals surface area (Å²) in [5, 5.41) is 38.8. The monoisotopic (exact) mass is 336 g/mol. The number of hydrogen-bond donors (Lipinski definition) is 4. The summed E-state index contributed by atoms with van der Waals surface area (Å²) in [4.78, 5) is 10.9. The molecule has 0 heterocycles. The highest BCUT2D eigenvalue weighted by Crippen LogP contribution is 2.40. The van der Waals surface area contributed by atoms with Gasteiger partial charge >= 0.3 is 5.97 Å². The van der Waals surface area contributed by atoms with Gasteiger partial charge in [0.15, 0.2) is 0 Å². The fourth-order valence-electron chi connectivity index (χ4n) is 3.10. The van der Waals surface area contributed by atoms with Crippen LogP contribution in [0.2, 0.25) is 0 Å². The van der Waals surface area contributed by atoms with Crippen LogP contribution in [0.15, 0.2) is 11.8 Å². The van der Waals surface area contributed by atoms with Gasteiger partial charge in [-0.1, -0.05) is 20.3 Å². The number of carboxylic acid groups (broad SMARTS) is 1. The van der Waals surface area contributed by atoms with Gasteiger partial charge < -0.3 is 20.4 Å². The van der Waals surface area contributed by atoms with Crippen molar-refractivity contribution in [2.45, 2.75) is 64.1 Å². The summed E-state index contributed by atoms with van der Waals surface area (Å²) < 4.78 is 27.9. The number of aliphatic hydroxyl groups excluding tert-OH is 3. The number of aliphatic hydroxyl groups is 3. The predicted octanol–water partition coefficient (Wildman–Crippen LogP) is 2.72. The zero-order valence-electron chi connectivity index (χ0n) is 13.5. The fraction of sp³-hybridized carbons (Fsp3) is 0.812. The number of alkyl halides is 2. The number of rotatable bonds is 8. The van der Waals surface area contributed by atoms with E-state index in [2.05, 4.69) is 0 Å². The Hall–Kier alpha value is -1.21. The van der Waals surface area contributed by atoms with Crippen molar-refractivity contribution in [3.63, 3.8) is 0 Å². The molecule has 1 aliphatic carbocycles. The number of carbonyl (C=O) groups is 1. The maximum Gasteiger partial charge on any atom is 0.303 e. The van der Waals surface area contributed by atoms with Crippen LogP contribution in [-0.2, 0) is 4.79 Å². The van der Waals surface area contributed by atoms with Gasteiger partial charge in [-0.3, -0.25) is 4.79 Å². The van der Waals surface area contributed by atoms with E-state index in [1.807, 2.05) is 0 Å². The van der Waals surface area contributed by atoms with E-state index >= 15 is 0 Å². The first-order valence-corrected chi connectivity index (χ1v) is 7.96. The normalized spacial score (nSPS) is 30.4. The number of halogens is 2. The molecule has 5 nitrogen and oxygen atoms in total. The highest BCUT2D eigenvalue weighted by molar-refractivity contribution is 5.67. The summed E-state index contributed by atoms with van der Waals surface area (Å²) in [7, 11) is 0. The third-order valence-electron chi connectivity index (χ3n) is 4.56.